The molecule has 4 aromatic rings. The lowest BCUT2D eigenvalue weighted by Gasteiger charge is -2.31. The predicted octanol–water partition coefficient (Wildman–Crippen LogP) is 6.28. The molecule has 160 valence electrons. The van der Waals surface area contributed by atoms with Crippen molar-refractivity contribution in [1.29, 1.82) is 0 Å². The third-order valence-electron chi connectivity index (χ3n) is 5.73. The first-order valence-corrected chi connectivity index (χ1v) is 10.7. The highest BCUT2D eigenvalue weighted by Crippen LogP contribution is 2.37. The summed E-state index contributed by atoms with van der Waals surface area (Å²) in [7, 11) is 1.62. The molecule has 1 aromatic heterocycles. The number of benzene rings is 3. The lowest BCUT2D eigenvalue weighted by atomic mass is 10.0. The van der Waals surface area contributed by atoms with Gasteiger partial charge in [0.1, 0.15) is 5.75 Å². The Morgan fingerprint density at radius 3 is 2.59 bits per heavy atom. The smallest absolute Gasteiger partial charge is 0.322 e. The van der Waals surface area contributed by atoms with Gasteiger partial charge in [-0.3, -0.25) is 0 Å². The molecule has 6 heteroatoms. The van der Waals surface area contributed by atoms with Crippen LogP contribution in [0, 0.1) is 0 Å². The first kappa shape index (κ1) is 20.2. The Hall–Kier alpha value is -3.70. The summed E-state index contributed by atoms with van der Waals surface area (Å²) in [6.45, 7) is 0.455. The normalized spacial score (nSPS) is 14.8. The second-order valence-electron chi connectivity index (χ2n) is 7.68. The van der Waals surface area contributed by atoms with Crippen LogP contribution in [0.5, 0.6) is 5.75 Å². The van der Waals surface area contributed by atoms with E-state index in [1.165, 1.54) is 0 Å². The van der Waals surface area contributed by atoms with Crippen molar-refractivity contribution in [2.75, 3.05) is 12.4 Å². The highest BCUT2D eigenvalue weighted by Gasteiger charge is 2.33. The van der Waals surface area contributed by atoms with Crippen LogP contribution in [-0.2, 0) is 6.54 Å². The monoisotopic (exact) mass is 443 g/mol. The number of ether oxygens (including phenoxy) is 1. The fourth-order valence-electron chi connectivity index (χ4n) is 4.24. The maximum atomic E-state index is 13.6. The van der Waals surface area contributed by atoms with Crippen LogP contribution < -0.4 is 10.1 Å². The van der Waals surface area contributed by atoms with Crippen molar-refractivity contribution in [3.05, 3.63) is 113 Å². The molecule has 0 bridgehead atoms. The van der Waals surface area contributed by atoms with Gasteiger partial charge >= 0.3 is 6.03 Å². The number of methoxy groups -OCH3 is 1. The summed E-state index contributed by atoms with van der Waals surface area (Å²) in [6.07, 6.45) is 2.04. The number of amides is 2. The van der Waals surface area contributed by atoms with Crippen molar-refractivity contribution in [3.8, 4) is 11.4 Å². The third kappa shape index (κ3) is 3.72. The van der Waals surface area contributed by atoms with Crippen LogP contribution in [-0.4, -0.2) is 22.6 Å². The first-order chi connectivity index (χ1) is 15.6. The van der Waals surface area contributed by atoms with E-state index >= 15 is 0 Å². The van der Waals surface area contributed by atoms with Gasteiger partial charge in [0, 0.05) is 22.6 Å². The molecule has 0 fully saturated rings. The zero-order valence-corrected chi connectivity index (χ0v) is 18.3. The maximum absolute atomic E-state index is 13.6. The van der Waals surface area contributed by atoms with Gasteiger partial charge in [-0.05, 0) is 65.7 Å². The first-order valence-electron chi connectivity index (χ1n) is 10.4. The number of rotatable bonds is 3. The Morgan fingerprint density at radius 2 is 1.81 bits per heavy atom. The number of nitrogens with one attached hydrogen (secondary N) is 1. The van der Waals surface area contributed by atoms with E-state index in [0.29, 0.717) is 17.3 Å². The van der Waals surface area contributed by atoms with Gasteiger partial charge in [-0.25, -0.2) is 4.79 Å². The quantitative estimate of drug-likeness (QED) is 0.405. The summed E-state index contributed by atoms with van der Waals surface area (Å²) >= 11 is 6.34. The molecule has 5 rings (SSSR count). The van der Waals surface area contributed by atoms with E-state index in [9.17, 15) is 4.79 Å². The van der Waals surface area contributed by atoms with Crippen molar-refractivity contribution in [2.24, 2.45) is 0 Å². The molecule has 2 heterocycles. The topological polar surface area (TPSA) is 46.5 Å². The molecular weight excluding hydrogens is 422 g/mol. The molecule has 0 radical (unpaired) electrons. The van der Waals surface area contributed by atoms with Crippen LogP contribution in [0.25, 0.3) is 5.69 Å². The number of carbonyl (C=O) groups excluding carboxylic acids is 1. The number of anilines is 1. The fourth-order valence-corrected chi connectivity index (χ4v) is 4.44. The van der Waals surface area contributed by atoms with Crippen molar-refractivity contribution in [3.63, 3.8) is 0 Å². The second kappa shape index (κ2) is 8.44. The third-order valence-corrected chi connectivity index (χ3v) is 5.97. The number of carbonyl (C=O) groups is 1. The molecule has 1 aliphatic rings. The predicted molar refractivity (Wildman–Crippen MR) is 127 cm³/mol. The van der Waals surface area contributed by atoms with E-state index in [1.54, 1.807) is 7.11 Å². The van der Waals surface area contributed by atoms with E-state index in [-0.39, 0.29) is 12.1 Å². The fraction of sp³-hybridized carbons (Fsp3) is 0.115. The van der Waals surface area contributed by atoms with Gasteiger partial charge in [0.25, 0.3) is 0 Å². The van der Waals surface area contributed by atoms with Crippen LogP contribution in [0.4, 0.5) is 10.5 Å². The Kier molecular flexibility index (Phi) is 5.33. The molecule has 1 atom stereocenters. The second-order valence-corrected chi connectivity index (χ2v) is 8.11. The van der Waals surface area contributed by atoms with E-state index in [4.69, 9.17) is 16.3 Å². The summed E-state index contributed by atoms with van der Waals surface area (Å²) in [5, 5.41) is 3.69. The zero-order chi connectivity index (χ0) is 22.1. The van der Waals surface area contributed by atoms with Crippen molar-refractivity contribution < 1.29 is 9.53 Å². The molecule has 5 nitrogen and oxygen atoms in total. The van der Waals surface area contributed by atoms with Gasteiger partial charge in [0.2, 0.25) is 0 Å². The Bertz CT molecular complexity index is 1270. The highest BCUT2D eigenvalue weighted by atomic mass is 35.5. The van der Waals surface area contributed by atoms with Gasteiger partial charge in [-0.1, -0.05) is 41.9 Å². The molecule has 0 saturated heterocycles. The summed E-state index contributed by atoms with van der Waals surface area (Å²) in [5.74, 6) is 0.737. The highest BCUT2D eigenvalue weighted by molar-refractivity contribution is 6.30. The molecule has 0 spiro atoms. The number of halogens is 1. The SMILES string of the molecule is COc1ccc(NC(=O)N2Cc3ccccc3-n3cccc3C2c2cccc(Cl)c2)cc1. The summed E-state index contributed by atoms with van der Waals surface area (Å²) in [6, 6.07) is 26.7. The minimum absolute atomic E-state index is 0.190. The van der Waals surface area contributed by atoms with Crippen LogP contribution in [0.1, 0.15) is 22.9 Å². The number of urea groups is 1. The van der Waals surface area contributed by atoms with E-state index < -0.39 is 0 Å². The number of para-hydroxylation sites is 1. The molecule has 0 saturated carbocycles. The summed E-state index contributed by atoms with van der Waals surface area (Å²) < 4.78 is 7.38. The lowest BCUT2D eigenvalue weighted by Crippen LogP contribution is -2.37. The average molecular weight is 444 g/mol. The lowest BCUT2D eigenvalue weighted by molar-refractivity contribution is 0.194. The molecule has 0 aliphatic carbocycles. The van der Waals surface area contributed by atoms with E-state index in [0.717, 1.165) is 28.3 Å². The van der Waals surface area contributed by atoms with Crippen molar-refractivity contribution >= 4 is 23.3 Å². The average Bonchev–Trinajstić information content (AvgIpc) is 3.23. The molecular formula is C26H22ClN3O2. The van der Waals surface area contributed by atoms with Gasteiger partial charge in [-0.15, -0.1) is 0 Å². The minimum Gasteiger partial charge on any atom is -0.497 e. The summed E-state index contributed by atoms with van der Waals surface area (Å²) in [4.78, 5) is 15.5. The van der Waals surface area contributed by atoms with Gasteiger partial charge in [0.15, 0.2) is 0 Å². The van der Waals surface area contributed by atoms with Crippen LogP contribution in [0.3, 0.4) is 0 Å². The molecule has 2 amide bonds. The van der Waals surface area contributed by atoms with Crippen molar-refractivity contribution in [2.45, 2.75) is 12.6 Å². The largest absolute Gasteiger partial charge is 0.497 e. The number of aromatic nitrogens is 1. The Balaban J connectivity index is 1.60. The van der Waals surface area contributed by atoms with Gasteiger partial charge in [-0.2, -0.15) is 0 Å². The minimum atomic E-state index is -0.311. The van der Waals surface area contributed by atoms with E-state index in [2.05, 4.69) is 28.1 Å². The number of hydrogen-bond donors (Lipinski definition) is 1. The van der Waals surface area contributed by atoms with Crippen LogP contribution in [0.15, 0.2) is 91.1 Å². The molecule has 1 aliphatic heterocycles. The molecule has 32 heavy (non-hydrogen) atoms. The van der Waals surface area contributed by atoms with Crippen molar-refractivity contribution in [1.82, 2.24) is 9.47 Å². The van der Waals surface area contributed by atoms with Crippen LogP contribution >= 0.6 is 11.6 Å². The Labute approximate surface area is 191 Å². The van der Waals surface area contributed by atoms with Gasteiger partial charge in [0.05, 0.1) is 25.4 Å². The van der Waals surface area contributed by atoms with E-state index in [1.807, 2.05) is 77.8 Å². The molecule has 1 N–H and O–H groups in total. The number of hydrogen-bond acceptors (Lipinski definition) is 2. The zero-order valence-electron chi connectivity index (χ0n) is 17.5. The molecule has 1 unspecified atom stereocenters. The number of nitrogens with zero attached hydrogens (tertiary/aromatic N) is 2. The van der Waals surface area contributed by atoms with Crippen LogP contribution in [0.2, 0.25) is 5.02 Å². The van der Waals surface area contributed by atoms with Gasteiger partial charge < -0.3 is 19.5 Å². The summed E-state index contributed by atoms with van der Waals surface area (Å²) in [5.41, 5.74) is 4.80. The standard InChI is InChI=1S/C26H22ClN3O2/c1-32-22-13-11-21(12-14-22)28-26(31)30-17-19-6-2-3-9-23(19)29-15-5-10-24(29)25(30)18-7-4-8-20(27)16-18/h2-16,25H,17H2,1H3,(H,28,31). The maximum Gasteiger partial charge on any atom is 0.322 e. The number of fused-ring (bicyclic) bond motifs is 3. The molecule has 3 aromatic carbocycles. The Morgan fingerprint density at radius 1 is 1.00 bits per heavy atom.